The van der Waals surface area contributed by atoms with Crippen LogP contribution in [0.5, 0.6) is 0 Å². The van der Waals surface area contributed by atoms with Crippen molar-refractivity contribution in [2.75, 3.05) is 13.6 Å². The van der Waals surface area contributed by atoms with Crippen LogP contribution in [0.1, 0.15) is 11.4 Å². The summed E-state index contributed by atoms with van der Waals surface area (Å²) in [6, 6.07) is 4.02. The number of nitrogens with one attached hydrogen (secondary N) is 2. The Hall–Kier alpha value is -2.63. The Morgan fingerprint density at radius 2 is 2.24 bits per heavy atom. The van der Waals surface area contributed by atoms with Crippen molar-refractivity contribution in [3.63, 3.8) is 0 Å². The largest absolute Gasteiger partial charge is 0.353 e. The summed E-state index contributed by atoms with van der Waals surface area (Å²) < 4.78 is 1.95. The Morgan fingerprint density at radius 1 is 1.38 bits per heavy atom. The van der Waals surface area contributed by atoms with Gasteiger partial charge in [-0.3, -0.25) is 9.56 Å². The highest BCUT2D eigenvalue weighted by atomic mass is 15.2. The molecule has 0 spiro atoms. The molecule has 6 nitrogen and oxygen atoms in total. The first kappa shape index (κ1) is 14.8. The van der Waals surface area contributed by atoms with E-state index in [9.17, 15) is 0 Å². The molecule has 21 heavy (non-hydrogen) atoms. The van der Waals surface area contributed by atoms with Gasteiger partial charge in [-0.2, -0.15) is 0 Å². The van der Waals surface area contributed by atoms with Gasteiger partial charge in [-0.25, -0.2) is 9.97 Å². The van der Waals surface area contributed by atoms with Gasteiger partial charge in [-0.1, -0.05) is 12.1 Å². The first-order valence-electron chi connectivity index (χ1n) is 6.75. The average molecular weight is 284 g/mol. The van der Waals surface area contributed by atoms with E-state index in [-0.39, 0.29) is 0 Å². The SMILES string of the molecule is C=CCNC(=NC)NCc1ccc(-n2ccnc2C)nc1. The zero-order valence-corrected chi connectivity index (χ0v) is 12.4. The fourth-order valence-electron chi connectivity index (χ4n) is 1.86. The van der Waals surface area contributed by atoms with Crippen LogP contribution in [0.3, 0.4) is 0 Å². The minimum atomic E-state index is 0.660. The van der Waals surface area contributed by atoms with Crippen LogP contribution in [0, 0.1) is 6.92 Å². The van der Waals surface area contributed by atoms with Gasteiger partial charge in [0, 0.05) is 38.7 Å². The Bertz CT molecular complexity index is 611. The van der Waals surface area contributed by atoms with Crippen LogP contribution in [0.2, 0.25) is 0 Å². The molecule has 0 bridgehead atoms. The summed E-state index contributed by atoms with van der Waals surface area (Å²) in [6.07, 6.45) is 7.30. The molecule has 2 rings (SSSR count). The summed E-state index contributed by atoms with van der Waals surface area (Å²) in [6.45, 7) is 6.95. The van der Waals surface area contributed by atoms with Gasteiger partial charge in [0.15, 0.2) is 5.96 Å². The van der Waals surface area contributed by atoms with Crippen molar-refractivity contribution in [1.29, 1.82) is 0 Å². The van der Waals surface area contributed by atoms with Crippen molar-refractivity contribution in [3.05, 3.63) is 54.8 Å². The standard InChI is InChI=1S/C15H20N6/c1-4-7-18-15(16-3)20-11-13-5-6-14(19-10-13)21-9-8-17-12(21)2/h4-6,8-10H,1,7,11H2,2-3H3,(H2,16,18,20). The van der Waals surface area contributed by atoms with E-state index in [4.69, 9.17) is 0 Å². The maximum Gasteiger partial charge on any atom is 0.191 e. The number of nitrogens with zero attached hydrogens (tertiary/aromatic N) is 4. The third kappa shape index (κ3) is 3.92. The van der Waals surface area contributed by atoms with Crippen LogP contribution < -0.4 is 10.6 Å². The van der Waals surface area contributed by atoms with Crippen LogP contribution in [-0.2, 0) is 6.54 Å². The molecule has 6 heteroatoms. The lowest BCUT2D eigenvalue weighted by Crippen LogP contribution is -2.36. The summed E-state index contributed by atoms with van der Waals surface area (Å²) in [7, 11) is 1.74. The lowest BCUT2D eigenvalue weighted by Gasteiger charge is -2.10. The summed E-state index contributed by atoms with van der Waals surface area (Å²) in [5, 5.41) is 6.34. The van der Waals surface area contributed by atoms with E-state index in [0.29, 0.717) is 13.1 Å². The second-order valence-electron chi connectivity index (χ2n) is 4.46. The molecule has 0 fully saturated rings. The van der Waals surface area contributed by atoms with E-state index in [1.54, 1.807) is 19.3 Å². The smallest absolute Gasteiger partial charge is 0.191 e. The lowest BCUT2D eigenvalue weighted by molar-refractivity contribution is 0.838. The molecule has 2 aromatic rings. The number of imidazole rings is 1. The summed E-state index contributed by atoms with van der Waals surface area (Å²) in [4.78, 5) is 12.8. The number of aryl methyl sites for hydroxylation is 1. The van der Waals surface area contributed by atoms with Crippen LogP contribution in [0.4, 0.5) is 0 Å². The predicted octanol–water partition coefficient (Wildman–Crippen LogP) is 1.43. The van der Waals surface area contributed by atoms with Gasteiger partial charge in [-0.05, 0) is 18.6 Å². The van der Waals surface area contributed by atoms with E-state index in [2.05, 4.69) is 32.2 Å². The number of rotatable bonds is 5. The minimum Gasteiger partial charge on any atom is -0.353 e. The number of aliphatic imine (C=N–C) groups is 1. The second-order valence-corrected chi connectivity index (χ2v) is 4.46. The minimum absolute atomic E-state index is 0.660. The van der Waals surface area contributed by atoms with Crippen molar-refractivity contribution >= 4 is 5.96 Å². The van der Waals surface area contributed by atoms with Crippen molar-refractivity contribution in [2.24, 2.45) is 4.99 Å². The van der Waals surface area contributed by atoms with Gasteiger partial charge in [0.2, 0.25) is 0 Å². The number of guanidine groups is 1. The van der Waals surface area contributed by atoms with Gasteiger partial charge in [-0.15, -0.1) is 6.58 Å². The highest BCUT2D eigenvalue weighted by Gasteiger charge is 2.02. The molecule has 2 aromatic heterocycles. The first-order chi connectivity index (χ1) is 10.2. The fourth-order valence-corrected chi connectivity index (χ4v) is 1.86. The average Bonchev–Trinajstić information content (AvgIpc) is 2.94. The maximum atomic E-state index is 4.45. The van der Waals surface area contributed by atoms with Crippen molar-refractivity contribution < 1.29 is 0 Å². The zero-order chi connectivity index (χ0) is 15.1. The molecule has 110 valence electrons. The Balaban J connectivity index is 1.97. The van der Waals surface area contributed by atoms with Gasteiger partial charge < -0.3 is 10.6 Å². The van der Waals surface area contributed by atoms with E-state index in [1.807, 2.05) is 36.0 Å². The van der Waals surface area contributed by atoms with Crippen LogP contribution in [0.15, 0.2) is 48.4 Å². The van der Waals surface area contributed by atoms with Gasteiger partial charge >= 0.3 is 0 Å². The molecule has 2 heterocycles. The summed E-state index contributed by atoms with van der Waals surface area (Å²) >= 11 is 0. The molecular weight excluding hydrogens is 264 g/mol. The van der Waals surface area contributed by atoms with Crippen LogP contribution >= 0.6 is 0 Å². The number of hydrogen-bond acceptors (Lipinski definition) is 3. The Kier molecular flexibility index (Phi) is 5.09. The Morgan fingerprint density at radius 3 is 2.81 bits per heavy atom. The molecule has 2 N–H and O–H groups in total. The molecule has 0 saturated heterocycles. The molecule has 0 aliphatic rings. The molecular formula is C15H20N6. The van der Waals surface area contributed by atoms with Gasteiger partial charge in [0.05, 0.1) is 0 Å². The van der Waals surface area contributed by atoms with Crippen LogP contribution in [-0.4, -0.2) is 34.1 Å². The summed E-state index contributed by atoms with van der Waals surface area (Å²) in [5.41, 5.74) is 1.08. The number of pyridine rings is 1. The molecule has 0 aromatic carbocycles. The van der Waals surface area contributed by atoms with E-state index < -0.39 is 0 Å². The monoisotopic (exact) mass is 284 g/mol. The summed E-state index contributed by atoms with van der Waals surface area (Å²) in [5.74, 6) is 2.52. The maximum absolute atomic E-state index is 4.45. The topological polar surface area (TPSA) is 67.1 Å². The third-order valence-corrected chi connectivity index (χ3v) is 2.98. The van der Waals surface area contributed by atoms with E-state index >= 15 is 0 Å². The molecule has 0 radical (unpaired) electrons. The van der Waals surface area contributed by atoms with Gasteiger partial charge in [0.25, 0.3) is 0 Å². The van der Waals surface area contributed by atoms with Crippen molar-refractivity contribution in [1.82, 2.24) is 25.2 Å². The van der Waals surface area contributed by atoms with Crippen LogP contribution in [0.25, 0.3) is 5.82 Å². The molecule has 0 amide bonds. The van der Waals surface area contributed by atoms with E-state index in [1.165, 1.54) is 0 Å². The van der Waals surface area contributed by atoms with E-state index in [0.717, 1.165) is 23.2 Å². The predicted molar refractivity (Wildman–Crippen MR) is 84.5 cm³/mol. The molecule has 0 saturated carbocycles. The molecule has 0 unspecified atom stereocenters. The third-order valence-electron chi connectivity index (χ3n) is 2.98. The van der Waals surface area contributed by atoms with Crippen molar-refractivity contribution in [3.8, 4) is 5.82 Å². The number of aromatic nitrogens is 3. The van der Waals surface area contributed by atoms with Crippen molar-refractivity contribution in [2.45, 2.75) is 13.5 Å². The zero-order valence-electron chi connectivity index (χ0n) is 12.4. The second kappa shape index (κ2) is 7.23. The molecule has 0 aliphatic carbocycles. The quantitative estimate of drug-likeness (QED) is 0.495. The first-order valence-corrected chi connectivity index (χ1v) is 6.75. The normalized spacial score (nSPS) is 11.2. The highest BCUT2D eigenvalue weighted by molar-refractivity contribution is 5.79. The lowest BCUT2D eigenvalue weighted by atomic mass is 10.3. The van der Waals surface area contributed by atoms with Gasteiger partial charge in [0.1, 0.15) is 11.6 Å². The highest BCUT2D eigenvalue weighted by Crippen LogP contribution is 2.08. The number of hydrogen-bond donors (Lipinski definition) is 2. The molecule has 0 atom stereocenters. The fraction of sp³-hybridized carbons (Fsp3) is 0.267. The molecule has 0 aliphatic heterocycles. The Labute approximate surface area is 124 Å².